The summed E-state index contributed by atoms with van der Waals surface area (Å²) in [7, 11) is 0. The van der Waals surface area contributed by atoms with Crippen LogP contribution in [0.5, 0.6) is 0 Å². The molecular formula is C23H25N3O3. The van der Waals surface area contributed by atoms with Crippen LogP contribution in [0.4, 0.5) is 0 Å². The summed E-state index contributed by atoms with van der Waals surface area (Å²) in [6.07, 6.45) is 0. The summed E-state index contributed by atoms with van der Waals surface area (Å²) >= 11 is 0. The molecule has 1 atom stereocenters. The van der Waals surface area contributed by atoms with Crippen molar-refractivity contribution < 1.29 is 14.7 Å². The Morgan fingerprint density at radius 2 is 1.79 bits per heavy atom. The van der Waals surface area contributed by atoms with Crippen molar-refractivity contribution in [1.82, 2.24) is 15.1 Å². The predicted molar refractivity (Wildman–Crippen MR) is 111 cm³/mol. The molecule has 29 heavy (non-hydrogen) atoms. The number of benzene rings is 2. The smallest absolute Gasteiger partial charge is 0.330 e. The van der Waals surface area contributed by atoms with E-state index in [-0.39, 0.29) is 0 Å². The second kappa shape index (κ2) is 8.31. The lowest BCUT2D eigenvalue weighted by Crippen LogP contribution is -2.34. The van der Waals surface area contributed by atoms with Crippen LogP contribution in [0.2, 0.25) is 0 Å². The predicted octanol–water partition coefficient (Wildman–Crippen LogP) is 3.72. The standard InChI is InChI=1S/C23H25N3O3/c1-14-7-5-10-20(17(14)4)21(23(28)29)24-22(27)19-9-6-8-18(12-19)13-26-16(3)11-15(2)25-26/h5-12,21H,13H2,1-4H3,(H,24,27)(H,28,29). The molecule has 1 aromatic heterocycles. The molecule has 150 valence electrons. The number of amides is 1. The average molecular weight is 391 g/mol. The molecule has 1 heterocycles. The van der Waals surface area contributed by atoms with Gasteiger partial charge in [0.25, 0.3) is 5.91 Å². The van der Waals surface area contributed by atoms with Crippen molar-refractivity contribution in [3.05, 3.63) is 87.7 Å². The number of aliphatic carboxylic acids is 1. The lowest BCUT2D eigenvalue weighted by Gasteiger charge is -2.18. The number of carbonyl (C=O) groups excluding carboxylic acids is 1. The molecule has 1 amide bonds. The Balaban J connectivity index is 1.83. The normalized spacial score (nSPS) is 11.9. The molecule has 0 aliphatic heterocycles. The van der Waals surface area contributed by atoms with Gasteiger partial charge in [-0.05, 0) is 68.1 Å². The molecule has 0 aliphatic rings. The highest BCUT2D eigenvalue weighted by Gasteiger charge is 2.24. The van der Waals surface area contributed by atoms with Crippen molar-refractivity contribution in [3.63, 3.8) is 0 Å². The number of carbonyl (C=O) groups is 2. The van der Waals surface area contributed by atoms with E-state index in [9.17, 15) is 14.7 Å². The van der Waals surface area contributed by atoms with Gasteiger partial charge in [0.15, 0.2) is 6.04 Å². The second-order valence-electron chi connectivity index (χ2n) is 7.32. The number of nitrogens with zero attached hydrogens (tertiary/aromatic N) is 2. The number of hydrogen-bond acceptors (Lipinski definition) is 3. The third-order valence-electron chi connectivity index (χ3n) is 5.10. The highest BCUT2D eigenvalue weighted by atomic mass is 16.4. The third-order valence-corrected chi connectivity index (χ3v) is 5.10. The fraction of sp³-hybridized carbons (Fsp3) is 0.261. The number of aryl methyl sites for hydroxylation is 3. The highest BCUT2D eigenvalue weighted by molar-refractivity contribution is 5.97. The molecule has 0 bridgehead atoms. The van der Waals surface area contributed by atoms with Crippen molar-refractivity contribution in [2.45, 2.75) is 40.3 Å². The van der Waals surface area contributed by atoms with Crippen molar-refractivity contribution in [2.24, 2.45) is 0 Å². The number of rotatable bonds is 6. The molecule has 2 N–H and O–H groups in total. The van der Waals surface area contributed by atoms with E-state index in [1.54, 1.807) is 30.3 Å². The average Bonchev–Trinajstić information content (AvgIpc) is 2.99. The summed E-state index contributed by atoms with van der Waals surface area (Å²) in [6.45, 7) is 8.24. The molecule has 0 saturated carbocycles. The van der Waals surface area contributed by atoms with Gasteiger partial charge in [0.2, 0.25) is 0 Å². The summed E-state index contributed by atoms with van der Waals surface area (Å²) in [6, 6.07) is 13.5. The van der Waals surface area contributed by atoms with Gasteiger partial charge in [-0.3, -0.25) is 9.48 Å². The largest absolute Gasteiger partial charge is 0.479 e. The molecule has 0 aliphatic carbocycles. The summed E-state index contributed by atoms with van der Waals surface area (Å²) in [5.74, 6) is -1.51. The number of aromatic nitrogens is 2. The fourth-order valence-corrected chi connectivity index (χ4v) is 3.39. The molecule has 6 nitrogen and oxygen atoms in total. The Labute approximate surface area is 170 Å². The molecule has 0 spiro atoms. The minimum atomic E-state index is -1.11. The highest BCUT2D eigenvalue weighted by Crippen LogP contribution is 2.21. The molecule has 1 unspecified atom stereocenters. The zero-order chi connectivity index (χ0) is 21.1. The van der Waals surface area contributed by atoms with Crippen LogP contribution >= 0.6 is 0 Å². The van der Waals surface area contributed by atoms with Crippen molar-refractivity contribution in [1.29, 1.82) is 0 Å². The van der Waals surface area contributed by atoms with Gasteiger partial charge in [-0.2, -0.15) is 5.10 Å². The van der Waals surface area contributed by atoms with Crippen LogP contribution in [0.15, 0.2) is 48.5 Å². The van der Waals surface area contributed by atoms with E-state index in [1.165, 1.54) is 0 Å². The zero-order valence-corrected chi connectivity index (χ0v) is 17.1. The molecule has 3 rings (SSSR count). The minimum Gasteiger partial charge on any atom is -0.479 e. The Bertz CT molecular complexity index is 1070. The van der Waals surface area contributed by atoms with Gasteiger partial charge in [0.05, 0.1) is 12.2 Å². The maximum Gasteiger partial charge on any atom is 0.330 e. The van der Waals surface area contributed by atoms with Crippen LogP contribution < -0.4 is 5.32 Å². The number of nitrogens with one attached hydrogen (secondary N) is 1. The summed E-state index contributed by atoms with van der Waals surface area (Å²) in [5, 5.41) is 16.8. The molecule has 0 fully saturated rings. The quantitative estimate of drug-likeness (QED) is 0.671. The van der Waals surface area contributed by atoms with Crippen molar-refractivity contribution >= 4 is 11.9 Å². The van der Waals surface area contributed by atoms with E-state index in [2.05, 4.69) is 10.4 Å². The number of hydrogen-bond donors (Lipinski definition) is 2. The number of carboxylic acids is 1. The van der Waals surface area contributed by atoms with Gasteiger partial charge in [-0.25, -0.2) is 4.79 Å². The maximum absolute atomic E-state index is 12.8. The van der Waals surface area contributed by atoms with Crippen LogP contribution in [0.1, 0.15) is 50.0 Å². The summed E-state index contributed by atoms with van der Waals surface area (Å²) < 4.78 is 1.88. The van der Waals surface area contributed by atoms with E-state index in [4.69, 9.17) is 0 Å². The molecule has 2 aromatic carbocycles. The van der Waals surface area contributed by atoms with Crippen LogP contribution in [-0.2, 0) is 11.3 Å². The van der Waals surface area contributed by atoms with Gasteiger partial charge < -0.3 is 10.4 Å². The van der Waals surface area contributed by atoms with Gasteiger partial charge in [-0.1, -0.05) is 30.3 Å². The van der Waals surface area contributed by atoms with Crippen LogP contribution in [-0.4, -0.2) is 26.8 Å². The van der Waals surface area contributed by atoms with Crippen molar-refractivity contribution in [3.8, 4) is 0 Å². The Morgan fingerprint density at radius 3 is 2.45 bits per heavy atom. The first-order chi connectivity index (χ1) is 13.8. The third kappa shape index (κ3) is 4.54. The SMILES string of the molecule is Cc1cc(C)n(Cc2cccc(C(=O)NC(C(=O)O)c3cccc(C)c3C)c2)n1. The van der Waals surface area contributed by atoms with E-state index >= 15 is 0 Å². The Hall–Kier alpha value is -3.41. The monoisotopic (exact) mass is 391 g/mol. The second-order valence-corrected chi connectivity index (χ2v) is 7.32. The van der Waals surface area contributed by atoms with Gasteiger partial charge in [0.1, 0.15) is 0 Å². The summed E-state index contributed by atoms with van der Waals surface area (Å²) in [5.41, 5.74) is 5.74. The molecular weight excluding hydrogens is 366 g/mol. The first-order valence-electron chi connectivity index (χ1n) is 9.46. The van der Waals surface area contributed by atoms with Crippen LogP contribution in [0, 0.1) is 27.7 Å². The van der Waals surface area contributed by atoms with Crippen LogP contribution in [0.3, 0.4) is 0 Å². The zero-order valence-electron chi connectivity index (χ0n) is 17.1. The maximum atomic E-state index is 12.8. The first-order valence-corrected chi connectivity index (χ1v) is 9.46. The Morgan fingerprint density at radius 1 is 1.07 bits per heavy atom. The molecule has 0 saturated heterocycles. The topological polar surface area (TPSA) is 84.2 Å². The van der Waals surface area contributed by atoms with E-state index in [1.807, 2.05) is 50.6 Å². The number of carboxylic acid groups (broad SMARTS) is 1. The lowest BCUT2D eigenvalue weighted by molar-refractivity contribution is -0.139. The van der Waals surface area contributed by atoms with Gasteiger partial charge in [0, 0.05) is 11.3 Å². The molecule has 6 heteroatoms. The summed E-state index contributed by atoms with van der Waals surface area (Å²) in [4.78, 5) is 24.7. The van der Waals surface area contributed by atoms with E-state index < -0.39 is 17.9 Å². The van der Waals surface area contributed by atoms with Gasteiger partial charge >= 0.3 is 5.97 Å². The molecule has 0 radical (unpaired) electrons. The lowest BCUT2D eigenvalue weighted by atomic mass is 9.97. The molecule has 3 aromatic rings. The van der Waals surface area contributed by atoms with Gasteiger partial charge in [-0.15, -0.1) is 0 Å². The van der Waals surface area contributed by atoms with E-state index in [0.29, 0.717) is 17.7 Å². The fourth-order valence-electron chi connectivity index (χ4n) is 3.39. The van der Waals surface area contributed by atoms with Crippen LogP contribution in [0.25, 0.3) is 0 Å². The van der Waals surface area contributed by atoms with Crippen molar-refractivity contribution in [2.75, 3.05) is 0 Å². The Kier molecular flexibility index (Phi) is 5.82. The first kappa shape index (κ1) is 20.3. The van der Waals surface area contributed by atoms with E-state index in [0.717, 1.165) is 28.1 Å². The minimum absolute atomic E-state index is 0.417.